The van der Waals surface area contributed by atoms with E-state index in [1.807, 2.05) is 0 Å². The number of ether oxygens (including phenoxy) is 1. The highest BCUT2D eigenvalue weighted by Crippen LogP contribution is 2.19. The van der Waals surface area contributed by atoms with Crippen molar-refractivity contribution in [3.8, 4) is 0 Å². The number of rotatable bonds is 8. The molecule has 0 bridgehead atoms. The molecule has 1 heterocycles. The van der Waals surface area contributed by atoms with Crippen LogP contribution in [-0.2, 0) is 4.74 Å². The molecule has 0 aromatic heterocycles. The fraction of sp³-hybridized carbons (Fsp3) is 1.00. The molecule has 0 aromatic rings. The average Bonchev–Trinajstić information content (AvgIpc) is 2.75. The smallest absolute Gasteiger partial charge is 0.0617 e. The SMILES string of the molecule is CCCNCC1CCN(C(CC)COC)C1. The van der Waals surface area contributed by atoms with Gasteiger partial charge in [0.25, 0.3) is 0 Å². The van der Waals surface area contributed by atoms with Gasteiger partial charge in [0.05, 0.1) is 6.61 Å². The van der Waals surface area contributed by atoms with Crippen LogP contribution >= 0.6 is 0 Å². The normalized spacial score (nSPS) is 23.8. The Balaban J connectivity index is 2.22. The monoisotopic (exact) mass is 228 g/mol. The molecule has 0 aliphatic carbocycles. The standard InChI is InChI=1S/C13H28N2O/c1-4-7-14-9-12-6-8-15(10-12)13(5-2)11-16-3/h12-14H,4-11H2,1-3H3. The highest BCUT2D eigenvalue weighted by molar-refractivity contribution is 4.81. The summed E-state index contributed by atoms with van der Waals surface area (Å²) in [5, 5.41) is 3.53. The van der Waals surface area contributed by atoms with Crippen molar-refractivity contribution in [2.45, 2.75) is 39.2 Å². The van der Waals surface area contributed by atoms with E-state index in [4.69, 9.17) is 4.74 Å². The zero-order valence-electron chi connectivity index (χ0n) is 11.2. The second-order valence-electron chi connectivity index (χ2n) is 4.87. The Labute approximate surface area is 101 Å². The highest BCUT2D eigenvalue weighted by atomic mass is 16.5. The first-order valence-corrected chi connectivity index (χ1v) is 6.75. The second-order valence-corrected chi connectivity index (χ2v) is 4.87. The van der Waals surface area contributed by atoms with Crippen LogP contribution in [0.2, 0.25) is 0 Å². The van der Waals surface area contributed by atoms with E-state index in [2.05, 4.69) is 24.1 Å². The van der Waals surface area contributed by atoms with E-state index in [0.29, 0.717) is 6.04 Å². The highest BCUT2D eigenvalue weighted by Gasteiger charge is 2.26. The summed E-state index contributed by atoms with van der Waals surface area (Å²) in [6, 6.07) is 0.626. The maximum Gasteiger partial charge on any atom is 0.0617 e. The van der Waals surface area contributed by atoms with Gasteiger partial charge in [-0.25, -0.2) is 0 Å². The van der Waals surface area contributed by atoms with Crippen molar-refractivity contribution < 1.29 is 4.74 Å². The van der Waals surface area contributed by atoms with Gasteiger partial charge in [0.15, 0.2) is 0 Å². The number of methoxy groups -OCH3 is 1. The third-order valence-corrected chi connectivity index (χ3v) is 3.52. The van der Waals surface area contributed by atoms with E-state index in [0.717, 1.165) is 19.1 Å². The average molecular weight is 228 g/mol. The molecule has 0 radical (unpaired) electrons. The molecule has 2 unspecified atom stereocenters. The van der Waals surface area contributed by atoms with Crippen LogP contribution in [0.4, 0.5) is 0 Å². The van der Waals surface area contributed by atoms with Gasteiger partial charge in [-0.15, -0.1) is 0 Å². The molecule has 2 atom stereocenters. The van der Waals surface area contributed by atoms with E-state index in [1.165, 1.54) is 38.9 Å². The Bertz CT molecular complexity index is 175. The van der Waals surface area contributed by atoms with Crippen molar-refractivity contribution in [3.05, 3.63) is 0 Å². The molecular weight excluding hydrogens is 200 g/mol. The molecule has 1 aliphatic rings. The number of nitrogens with zero attached hydrogens (tertiary/aromatic N) is 1. The molecule has 16 heavy (non-hydrogen) atoms. The molecule has 1 N–H and O–H groups in total. The van der Waals surface area contributed by atoms with Gasteiger partial charge < -0.3 is 10.1 Å². The first-order valence-electron chi connectivity index (χ1n) is 6.75. The summed E-state index contributed by atoms with van der Waals surface area (Å²) in [5.41, 5.74) is 0. The molecule has 1 saturated heterocycles. The summed E-state index contributed by atoms with van der Waals surface area (Å²) in [6.45, 7) is 10.2. The predicted molar refractivity (Wildman–Crippen MR) is 68.8 cm³/mol. The first-order chi connectivity index (χ1) is 7.81. The molecule has 0 aromatic carbocycles. The van der Waals surface area contributed by atoms with Crippen molar-refractivity contribution in [1.29, 1.82) is 0 Å². The zero-order valence-corrected chi connectivity index (χ0v) is 11.2. The molecule has 0 saturated carbocycles. The fourth-order valence-electron chi connectivity index (χ4n) is 2.52. The molecule has 0 spiro atoms. The van der Waals surface area contributed by atoms with E-state index in [1.54, 1.807) is 7.11 Å². The Morgan fingerprint density at radius 1 is 1.44 bits per heavy atom. The van der Waals surface area contributed by atoms with Crippen molar-refractivity contribution >= 4 is 0 Å². The largest absolute Gasteiger partial charge is 0.383 e. The lowest BCUT2D eigenvalue weighted by atomic mass is 10.1. The lowest BCUT2D eigenvalue weighted by Crippen LogP contribution is -2.37. The van der Waals surface area contributed by atoms with Gasteiger partial charge in [0.1, 0.15) is 0 Å². The van der Waals surface area contributed by atoms with Gasteiger partial charge in [-0.05, 0) is 44.8 Å². The molecule has 0 amide bonds. The number of hydrogen-bond acceptors (Lipinski definition) is 3. The topological polar surface area (TPSA) is 24.5 Å². The Morgan fingerprint density at radius 2 is 2.25 bits per heavy atom. The molecule has 96 valence electrons. The zero-order chi connectivity index (χ0) is 11.8. The van der Waals surface area contributed by atoms with E-state index in [9.17, 15) is 0 Å². The van der Waals surface area contributed by atoms with Crippen LogP contribution in [0.1, 0.15) is 33.1 Å². The summed E-state index contributed by atoms with van der Waals surface area (Å²) in [5.74, 6) is 0.845. The van der Waals surface area contributed by atoms with Crippen molar-refractivity contribution in [3.63, 3.8) is 0 Å². The van der Waals surface area contributed by atoms with Crippen LogP contribution in [0, 0.1) is 5.92 Å². The van der Waals surface area contributed by atoms with E-state index in [-0.39, 0.29) is 0 Å². The van der Waals surface area contributed by atoms with Gasteiger partial charge in [0.2, 0.25) is 0 Å². The van der Waals surface area contributed by atoms with Gasteiger partial charge >= 0.3 is 0 Å². The lowest BCUT2D eigenvalue weighted by molar-refractivity contribution is 0.100. The Morgan fingerprint density at radius 3 is 2.88 bits per heavy atom. The number of likely N-dealkylation sites (tertiary alicyclic amines) is 1. The Kier molecular flexibility index (Phi) is 7.01. The van der Waals surface area contributed by atoms with Gasteiger partial charge in [-0.3, -0.25) is 4.90 Å². The first kappa shape index (κ1) is 13.9. The third-order valence-electron chi connectivity index (χ3n) is 3.52. The van der Waals surface area contributed by atoms with E-state index >= 15 is 0 Å². The predicted octanol–water partition coefficient (Wildman–Crippen LogP) is 1.73. The summed E-state index contributed by atoms with van der Waals surface area (Å²) in [6.07, 6.45) is 3.78. The van der Waals surface area contributed by atoms with Crippen LogP contribution < -0.4 is 5.32 Å². The van der Waals surface area contributed by atoms with Crippen LogP contribution in [0.25, 0.3) is 0 Å². The van der Waals surface area contributed by atoms with Crippen molar-refractivity contribution in [2.24, 2.45) is 5.92 Å². The lowest BCUT2D eigenvalue weighted by Gasteiger charge is -2.26. The minimum atomic E-state index is 0.626. The maximum atomic E-state index is 5.28. The maximum absolute atomic E-state index is 5.28. The van der Waals surface area contributed by atoms with Gasteiger partial charge in [-0.1, -0.05) is 13.8 Å². The van der Waals surface area contributed by atoms with Crippen LogP contribution in [-0.4, -0.2) is 50.8 Å². The summed E-state index contributed by atoms with van der Waals surface area (Å²) < 4.78 is 5.28. The minimum absolute atomic E-state index is 0.626. The van der Waals surface area contributed by atoms with Crippen LogP contribution in [0.3, 0.4) is 0 Å². The second kappa shape index (κ2) is 8.04. The Hall–Kier alpha value is -0.120. The molecule has 1 fully saturated rings. The van der Waals surface area contributed by atoms with Crippen molar-refractivity contribution in [1.82, 2.24) is 10.2 Å². The summed E-state index contributed by atoms with van der Waals surface area (Å²) in [7, 11) is 1.80. The van der Waals surface area contributed by atoms with E-state index < -0.39 is 0 Å². The van der Waals surface area contributed by atoms with Crippen LogP contribution in [0.15, 0.2) is 0 Å². The molecule has 3 heteroatoms. The molecular formula is C13H28N2O. The molecule has 1 aliphatic heterocycles. The van der Waals surface area contributed by atoms with Gasteiger partial charge in [-0.2, -0.15) is 0 Å². The quantitative estimate of drug-likeness (QED) is 0.640. The third kappa shape index (κ3) is 4.40. The van der Waals surface area contributed by atoms with Crippen LogP contribution in [0.5, 0.6) is 0 Å². The van der Waals surface area contributed by atoms with Gasteiger partial charge in [0, 0.05) is 19.7 Å². The molecule has 3 nitrogen and oxygen atoms in total. The fourth-order valence-corrected chi connectivity index (χ4v) is 2.52. The number of hydrogen-bond donors (Lipinski definition) is 1. The minimum Gasteiger partial charge on any atom is -0.383 e. The summed E-state index contributed by atoms with van der Waals surface area (Å²) >= 11 is 0. The summed E-state index contributed by atoms with van der Waals surface area (Å²) in [4.78, 5) is 2.60. The molecule has 1 rings (SSSR count). The number of nitrogens with one attached hydrogen (secondary N) is 1. The van der Waals surface area contributed by atoms with Crippen molar-refractivity contribution in [2.75, 3.05) is 39.9 Å².